The number of nitrogens with one attached hydrogen (secondary N) is 2. The van der Waals surface area contributed by atoms with Crippen LogP contribution in [-0.2, 0) is 14.3 Å². The zero-order valence-corrected chi connectivity index (χ0v) is 17.6. The van der Waals surface area contributed by atoms with Gasteiger partial charge in [0.1, 0.15) is 17.7 Å². The maximum absolute atomic E-state index is 13.6. The Kier molecular flexibility index (Phi) is 8.19. The average molecular weight is 470 g/mol. The highest BCUT2D eigenvalue weighted by Gasteiger charge is 2.28. The van der Waals surface area contributed by atoms with Crippen LogP contribution in [0.4, 0.5) is 20.2 Å². The lowest BCUT2D eigenvalue weighted by atomic mass is 10.0. The van der Waals surface area contributed by atoms with Crippen LogP contribution in [0.25, 0.3) is 0 Å². The molecule has 2 aromatic rings. The maximum atomic E-state index is 13.6. The first kappa shape index (κ1) is 24.7. The summed E-state index contributed by atoms with van der Waals surface area (Å²) in [6, 6.07) is 4.49. The molecule has 0 saturated carbocycles. The number of rotatable bonds is 8. The van der Waals surface area contributed by atoms with Gasteiger partial charge in [-0.1, -0.05) is 25.4 Å². The lowest BCUT2D eigenvalue weighted by molar-refractivity contribution is -0.384. The highest BCUT2D eigenvalue weighted by Crippen LogP contribution is 2.23. The van der Waals surface area contributed by atoms with Gasteiger partial charge in [0.15, 0.2) is 6.61 Å². The zero-order chi connectivity index (χ0) is 24.0. The van der Waals surface area contributed by atoms with Gasteiger partial charge in [-0.25, -0.2) is 13.6 Å². The van der Waals surface area contributed by atoms with Crippen LogP contribution in [0.5, 0.6) is 0 Å². The topological polar surface area (TPSA) is 128 Å². The Morgan fingerprint density at radius 2 is 1.84 bits per heavy atom. The van der Waals surface area contributed by atoms with E-state index in [0.717, 1.165) is 36.4 Å². The predicted octanol–water partition coefficient (Wildman–Crippen LogP) is 3.46. The van der Waals surface area contributed by atoms with Crippen LogP contribution in [-0.4, -0.2) is 35.4 Å². The molecule has 2 rings (SSSR count). The third-order valence-corrected chi connectivity index (χ3v) is 4.48. The number of carbonyl (C=O) groups is 3. The summed E-state index contributed by atoms with van der Waals surface area (Å²) in [7, 11) is 0. The Morgan fingerprint density at radius 1 is 1.16 bits per heavy atom. The van der Waals surface area contributed by atoms with Crippen LogP contribution in [0.2, 0.25) is 5.02 Å². The van der Waals surface area contributed by atoms with Crippen molar-refractivity contribution in [3.05, 3.63) is 68.7 Å². The van der Waals surface area contributed by atoms with E-state index in [1.807, 2.05) is 0 Å². The molecule has 0 aliphatic heterocycles. The van der Waals surface area contributed by atoms with E-state index in [2.05, 4.69) is 10.6 Å². The van der Waals surface area contributed by atoms with Gasteiger partial charge < -0.3 is 15.4 Å². The number of amides is 2. The molecule has 170 valence electrons. The van der Waals surface area contributed by atoms with Crippen LogP contribution in [0.1, 0.15) is 24.2 Å². The van der Waals surface area contributed by atoms with E-state index in [9.17, 15) is 33.3 Å². The van der Waals surface area contributed by atoms with Gasteiger partial charge in [-0.3, -0.25) is 19.7 Å². The molecule has 0 spiro atoms. The number of carbonyl (C=O) groups excluding carboxylic acids is 3. The Labute approximate surface area is 185 Å². The summed E-state index contributed by atoms with van der Waals surface area (Å²) in [5.41, 5.74) is -0.838. The second-order valence-electron chi connectivity index (χ2n) is 6.90. The number of hydrogen-bond donors (Lipinski definition) is 2. The fraction of sp³-hybridized carbons (Fsp3) is 0.250. The minimum atomic E-state index is -1.19. The van der Waals surface area contributed by atoms with Gasteiger partial charge in [0.05, 0.1) is 21.2 Å². The van der Waals surface area contributed by atoms with Crippen molar-refractivity contribution in [2.24, 2.45) is 5.92 Å². The highest BCUT2D eigenvalue weighted by atomic mass is 35.5. The van der Waals surface area contributed by atoms with E-state index in [4.69, 9.17) is 16.3 Å². The van der Waals surface area contributed by atoms with Gasteiger partial charge in [0.25, 0.3) is 17.5 Å². The molecule has 0 heterocycles. The summed E-state index contributed by atoms with van der Waals surface area (Å²) < 4.78 is 31.6. The average Bonchev–Trinajstić information content (AvgIpc) is 2.72. The number of nitrogens with zero attached hydrogens (tertiary/aromatic N) is 1. The number of esters is 1. The van der Waals surface area contributed by atoms with Gasteiger partial charge in [0, 0.05) is 18.2 Å². The molecule has 9 nitrogen and oxygen atoms in total. The summed E-state index contributed by atoms with van der Waals surface area (Å²) in [6.45, 7) is 2.39. The molecule has 0 aromatic heterocycles. The molecule has 2 N–H and O–H groups in total. The molecule has 1 unspecified atom stereocenters. The molecule has 2 aromatic carbocycles. The van der Waals surface area contributed by atoms with E-state index >= 15 is 0 Å². The minimum Gasteiger partial charge on any atom is -0.454 e. The Bertz CT molecular complexity index is 1060. The molecule has 0 saturated heterocycles. The number of hydrogen-bond acceptors (Lipinski definition) is 6. The molecular formula is C20H18ClF2N3O6. The van der Waals surface area contributed by atoms with Crippen LogP contribution >= 0.6 is 11.6 Å². The molecular weight excluding hydrogens is 452 g/mol. The predicted molar refractivity (Wildman–Crippen MR) is 110 cm³/mol. The first-order valence-corrected chi connectivity index (χ1v) is 9.53. The Hall–Kier alpha value is -3.60. The second kappa shape index (κ2) is 10.6. The van der Waals surface area contributed by atoms with E-state index in [-0.39, 0.29) is 16.3 Å². The van der Waals surface area contributed by atoms with Crippen molar-refractivity contribution >= 4 is 40.8 Å². The molecule has 0 aliphatic rings. The quantitative estimate of drug-likeness (QED) is 0.346. The lowest BCUT2D eigenvalue weighted by Crippen LogP contribution is -2.46. The van der Waals surface area contributed by atoms with Crippen LogP contribution in [0, 0.1) is 27.7 Å². The minimum absolute atomic E-state index is 0.102. The number of nitro benzene ring substituents is 1. The zero-order valence-electron chi connectivity index (χ0n) is 16.9. The number of benzene rings is 2. The summed E-state index contributed by atoms with van der Waals surface area (Å²) in [4.78, 5) is 46.9. The summed E-state index contributed by atoms with van der Waals surface area (Å²) in [5, 5.41) is 15.1. The fourth-order valence-corrected chi connectivity index (χ4v) is 2.79. The maximum Gasteiger partial charge on any atom is 0.329 e. The Balaban J connectivity index is 2.01. The molecule has 0 radical (unpaired) electrons. The Morgan fingerprint density at radius 3 is 2.44 bits per heavy atom. The third-order valence-electron chi connectivity index (χ3n) is 4.16. The molecule has 0 bridgehead atoms. The molecule has 2 amide bonds. The van der Waals surface area contributed by atoms with Gasteiger partial charge in [-0.2, -0.15) is 0 Å². The van der Waals surface area contributed by atoms with Gasteiger partial charge >= 0.3 is 5.97 Å². The van der Waals surface area contributed by atoms with Crippen molar-refractivity contribution in [1.82, 2.24) is 5.32 Å². The fourth-order valence-electron chi connectivity index (χ4n) is 2.52. The third kappa shape index (κ3) is 6.45. The molecule has 32 heavy (non-hydrogen) atoms. The first-order valence-electron chi connectivity index (χ1n) is 9.16. The van der Waals surface area contributed by atoms with Gasteiger partial charge in [-0.15, -0.1) is 0 Å². The summed E-state index contributed by atoms with van der Waals surface area (Å²) in [5.74, 6) is -4.78. The van der Waals surface area contributed by atoms with E-state index in [1.54, 1.807) is 13.8 Å². The van der Waals surface area contributed by atoms with Crippen molar-refractivity contribution < 1.29 is 32.8 Å². The molecule has 0 fully saturated rings. The standard InChI is InChI=1S/C20H18ClF2N3O6/c1-10(2)18(25-19(28)13-5-4-12(26(30)31)8-14(13)21)20(29)32-9-17(27)24-16-7-11(22)3-6-15(16)23/h3-8,10,18H,9H2,1-2H3,(H,24,27)(H,25,28). The molecule has 1 atom stereocenters. The number of halogens is 3. The largest absolute Gasteiger partial charge is 0.454 e. The summed E-state index contributed by atoms with van der Waals surface area (Å²) >= 11 is 5.92. The summed E-state index contributed by atoms with van der Waals surface area (Å²) in [6.07, 6.45) is 0. The van der Waals surface area contributed by atoms with Crippen molar-refractivity contribution in [2.75, 3.05) is 11.9 Å². The smallest absolute Gasteiger partial charge is 0.329 e. The van der Waals surface area contributed by atoms with Crippen molar-refractivity contribution in [3.63, 3.8) is 0 Å². The molecule has 0 aliphatic carbocycles. The SMILES string of the molecule is CC(C)C(NC(=O)c1ccc([N+](=O)[O-])cc1Cl)C(=O)OCC(=O)Nc1cc(F)ccc1F. The monoisotopic (exact) mass is 469 g/mol. The van der Waals surface area contributed by atoms with E-state index < -0.39 is 58.6 Å². The number of anilines is 1. The number of ether oxygens (including phenoxy) is 1. The van der Waals surface area contributed by atoms with Crippen molar-refractivity contribution in [1.29, 1.82) is 0 Å². The van der Waals surface area contributed by atoms with Crippen molar-refractivity contribution in [3.8, 4) is 0 Å². The number of non-ortho nitro benzene ring substituents is 1. The second-order valence-corrected chi connectivity index (χ2v) is 7.30. The van der Waals surface area contributed by atoms with E-state index in [0.29, 0.717) is 0 Å². The van der Waals surface area contributed by atoms with Gasteiger partial charge in [0.2, 0.25) is 0 Å². The van der Waals surface area contributed by atoms with Crippen LogP contribution in [0.3, 0.4) is 0 Å². The van der Waals surface area contributed by atoms with Crippen LogP contribution < -0.4 is 10.6 Å². The lowest BCUT2D eigenvalue weighted by Gasteiger charge is -2.21. The van der Waals surface area contributed by atoms with Crippen molar-refractivity contribution in [2.45, 2.75) is 19.9 Å². The highest BCUT2D eigenvalue weighted by molar-refractivity contribution is 6.34. The molecule has 12 heteroatoms. The number of nitro groups is 1. The normalized spacial score (nSPS) is 11.6. The first-order chi connectivity index (χ1) is 15.0. The van der Waals surface area contributed by atoms with E-state index in [1.165, 1.54) is 0 Å². The van der Waals surface area contributed by atoms with Crippen LogP contribution in [0.15, 0.2) is 36.4 Å². The van der Waals surface area contributed by atoms with Gasteiger partial charge in [-0.05, 0) is 24.1 Å².